The van der Waals surface area contributed by atoms with Gasteiger partial charge in [-0.05, 0) is 23.8 Å². The first-order valence-electron chi connectivity index (χ1n) is 8.18. The summed E-state index contributed by atoms with van der Waals surface area (Å²) >= 11 is 3.00. The van der Waals surface area contributed by atoms with E-state index in [1.54, 1.807) is 30.0 Å². The molecule has 0 aliphatic rings. The van der Waals surface area contributed by atoms with Gasteiger partial charge in [0.2, 0.25) is 5.13 Å². The minimum absolute atomic E-state index is 0.229. The fourth-order valence-electron chi connectivity index (χ4n) is 2.15. The molecule has 3 aromatic rings. The molecule has 0 unspecified atom stereocenters. The Morgan fingerprint density at radius 1 is 1.15 bits per heavy atom. The highest BCUT2D eigenvalue weighted by atomic mass is 32.2. The number of carbonyl (C=O) groups excluding carboxylic acids is 1. The predicted octanol–water partition coefficient (Wildman–Crippen LogP) is 4.87. The number of nitrogens with one attached hydrogen (secondary N) is 1. The van der Waals surface area contributed by atoms with Gasteiger partial charge in [0, 0.05) is 10.8 Å². The number of hydrogen-bond acceptors (Lipinski definition) is 6. The molecular formula is C19H19N3O2S2. The Kier molecular flexibility index (Phi) is 6.25. The first-order valence-corrected chi connectivity index (χ1v) is 9.88. The third-order valence-electron chi connectivity index (χ3n) is 3.31. The van der Waals surface area contributed by atoms with Gasteiger partial charge in [0.15, 0.2) is 4.34 Å². The van der Waals surface area contributed by atoms with Gasteiger partial charge in [-0.3, -0.25) is 10.1 Å². The van der Waals surface area contributed by atoms with E-state index in [0.717, 1.165) is 9.90 Å². The summed E-state index contributed by atoms with van der Waals surface area (Å²) in [5.74, 6) is 0.419. The van der Waals surface area contributed by atoms with Crippen molar-refractivity contribution in [3.05, 3.63) is 65.7 Å². The number of rotatable bonds is 7. The van der Waals surface area contributed by atoms with Gasteiger partial charge in [-0.2, -0.15) is 0 Å². The van der Waals surface area contributed by atoms with Gasteiger partial charge in [-0.1, -0.05) is 73.3 Å². The van der Waals surface area contributed by atoms with Crippen LogP contribution in [0.2, 0.25) is 0 Å². The summed E-state index contributed by atoms with van der Waals surface area (Å²) in [6.45, 7) is 4.63. The minimum atomic E-state index is -0.229. The number of anilines is 1. The molecule has 0 saturated heterocycles. The van der Waals surface area contributed by atoms with Gasteiger partial charge in [0.1, 0.15) is 12.4 Å². The molecule has 5 nitrogen and oxygen atoms in total. The summed E-state index contributed by atoms with van der Waals surface area (Å²) < 4.78 is 6.62. The Morgan fingerprint density at radius 2 is 1.96 bits per heavy atom. The third kappa shape index (κ3) is 5.31. The maximum atomic E-state index is 12.4. The van der Waals surface area contributed by atoms with Crippen molar-refractivity contribution < 1.29 is 9.53 Å². The molecule has 3 rings (SSSR count). The van der Waals surface area contributed by atoms with Crippen molar-refractivity contribution in [2.24, 2.45) is 0 Å². The van der Waals surface area contributed by atoms with E-state index in [4.69, 9.17) is 4.74 Å². The standard InChI is InChI=1S/C19H19N3O2S2/c1-13(2)25-19-22-21-18(26-19)20-17(23)15-9-6-10-16(11-15)24-12-14-7-4-3-5-8-14/h3-11,13H,12H2,1-2H3,(H,20,21,23). The number of nitrogens with zero attached hydrogens (tertiary/aromatic N) is 2. The van der Waals surface area contributed by atoms with Crippen molar-refractivity contribution in [3.8, 4) is 5.75 Å². The number of thioether (sulfide) groups is 1. The number of benzene rings is 2. The van der Waals surface area contributed by atoms with Gasteiger partial charge >= 0.3 is 0 Å². The van der Waals surface area contributed by atoms with E-state index in [9.17, 15) is 4.79 Å². The average Bonchev–Trinajstić information content (AvgIpc) is 3.07. The summed E-state index contributed by atoms with van der Waals surface area (Å²) in [5.41, 5.74) is 1.59. The van der Waals surface area contributed by atoms with E-state index in [1.165, 1.54) is 11.3 Å². The SMILES string of the molecule is CC(C)Sc1nnc(NC(=O)c2cccc(OCc3ccccc3)c2)s1. The second-order valence-electron chi connectivity index (χ2n) is 5.80. The van der Waals surface area contributed by atoms with Gasteiger partial charge in [0.25, 0.3) is 5.91 Å². The van der Waals surface area contributed by atoms with E-state index in [0.29, 0.717) is 28.3 Å². The molecule has 7 heteroatoms. The van der Waals surface area contributed by atoms with Gasteiger partial charge in [0.05, 0.1) is 0 Å². The molecule has 0 saturated carbocycles. The Hall–Kier alpha value is -2.38. The maximum Gasteiger partial charge on any atom is 0.257 e. The van der Waals surface area contributed by atoms with E-state index in [2.05, 4.69) is 29.4 Å². The molecule has 0 atom stereocenters. The Balaban J connectivity index is 1.61. The second-order valence-corrected chi connectivity index (χ2v) is 8.60. The summed E-state index contributed by atoms with van der Waals surface area (Å²) in [6, 6.07) is 17.0. The lowest BCUT2D eigenvalue weighted by molar-refractivity contribution is 0.102. The molecule has 26 heavy (non-hydrogen) atoms. The number of amides is 1. The highest BCUT2D eigenvalue weighted by molar-refractivity contribution is 8.01. The quantitative estimate of drug-likeness (QED) is 0.464. The van der Waals surface area contributed by atoms with Crippen LogP contribution < -0.4 is 10.1 Å². The minimum Gasteiger partial charge on any atom is -0.489 e. The summed E-state index contributed by atoms with van der Waals surface area (Å²) in [7, 11) is 0. The lowest BCUT2D eigenvalue weighted by Crippen LogP contribution is -2.11. The molecule has 0 radical (unpaired) electrons. The van der Waals surface area contributed by atoms with Crippen molar-refractivity contribution in [1.82, 2.24) is 10.2 Å². The van der Waals surface area contributed by atoms with Crippen molar-refractivity contribution in [3.63, 3.8) is 0 Å². The van der Waals surface area contributed by atoms with Crippen molar-refractivity contribution >= 4 is 34.1 Å². The zero-order valence-corrected chi connectivity index (χ0v) is 16.1. The highest BCUT2D eigenvalue weighted by Crippen LogP contribution is 2.28. The average molecular weight is 386 g/mol. The lowest BCUT2D eigenvalue weighted by atomic mass is 10.2. The third-order valence-corrected chi connectivity index (χ3v) is 5.23. The molecule has 1 amide bonds. The van der Waals surface area contributed by atoms with Crippen LogP contribution in [0.15, 0.2) is 58.9 Å². The van der Waals surface area contributed by atoms with E-state index in [-0.39, 0.29) is 5.91 Å². The number of hydrogen-bond donors (Lipinski definition) is 1. The van der Waals surface area contributed by atoms with Crippen LogP contribution in [-0.2, 0) is 6.61 Å². The van der Waals surface area contributed by atoms with Crippen LogP contribution in [0.4, 0.5) is 5.13 Å². The molecule has 0 aliphatic heterocycles. The van der Waals surface area contributed by atoms with Crippen LogP contribution in [0.3, 0.4) is 0 Å². The molecule has 2 aromatic carbocycles. The van der Waals surface area contributed by atoms with Crippen molar-refractivity contribution in [2.75, 3.05) is 5.32 Å². The molecule has 0 fully saturated rings. The first-order chi connectivity index (χ1) is 12.6. The zero-order chi connectivity index (χ0) is 18.4. The molecule has 0 aliphatic carbocycles. The summed E-state index contributed by atoms with van der Waals surface area (Å²) in [4.78, 5) is 12.4. The molecule has 1 N–H and O–H groups in total. The summed E-state index contributed by atoms with van der Waals surface area (Å²) in [6.07, 6.45) is 0. The Bertz CT molecular complexity index is 866. The van der Waals surface area contributed by atoms with Crippen LogP contribution in [0, 0.1) is 0 Å². The van der Waals surface area contributed by atoms with Crippen molar-refractivity contribution in [2.45, 2.75) is 30.0 Å². The van der Waals surface area contributed by atoms with E-state index < -0.39 is 0 Å². The normalized spacial score (nSPS) is 10.7. The second kappa shape index (κ2) is 8.82. The molecule has 0 spiro atoms. The molecule has 1 heterocycles. The smallest absolute Gasteiger partial charge is 0.257 e. The van der Waals surface area contributed by atoms with E-state index >= 15 is 0 Å². The van der Waals surface area contributed by atoms with Gasteiger partial charge in [-0.15, -0.1) is 10.2 Å². The number of ether oxygens (including phenoxy) is 1. The molecular weight excluding hydrogens is 366 g/mol. The fourth-order valence-corrected chi connectivity index (χ4v) is 4.12. The summed E-state index contributed by atoms with van der Waals surface area (Å²) in [5, 5.41) is 11.8. The number of carbonyl (C=O) groups is 1. The zero-order valence-electron chi connectivity index (χ0n) is 14.5. The molecule has 0 bridgehead atoms. The molecule has 134 valence electrons. The highest BCUT2D eigenvalue weighted by Gasteiger charge is 2.12. The maximum absolute atomic E-state index is 12.4. The molecule has 1 aromatic heterocycles. The Labute approximate surface area is 160 Å². The van der Waals surface area contributed by atoms with Crippen LogP contribution >= 0.6 is 23.1 Å². The fraction of sp³-hybridized carbons (Fsp3) is 0.211. The van der Waals surface area contributed by atoms with Crippen LogP contribution in [-0.4, -0.2) is 21.4 Å². The van der Waals surface area contributed by atoms with Crippen LogP contribution in [0.5, 0.6) is 5.75 Å². The van der Waals surface area contributed by atoms with Crippen LogP contribution in [0.1, 0.15) is 29.8 Å². The monoisotopic (exact) mass is 385 g/mol. The Morgan fingerprint density at radius 3 is 2.73 bits per heavy atom. The first kappa shape index (κ1) is 18.4. The van der Waals surface area contributed by atoms with E-state index in [1.807, 2.05) is 36.4 Å². The number of aromatic nitrogens is 2. The van der Waals surface area contributed by atoms with Gasteiger partial charge < -0.3 is 4.74 Å². The largest absolute Gasteiger partial charge is 0.489 e. The topological polar surface area (TPSA) is 64.1 Å². The van der Waals surface area contributed by atoms with Crippen LogP contribution in [0.25, 0.3) is 0 Å². The lowest BCUT2D eigenvalue weighted by Gasteiger charge is -2.08. The predicted molar refractivity (Wildman–Crippen MR) is 106 cm³/mol. The van der Waals surface area contributed by atoms with Gasteiger partial charge in [-0.25, -0.2) is 0 Å². The van der Waals surface area contributed by atoms with Crippen molar-refractivity contribution in [1.29, 1.82) is 0 Å².